The van der Waals surface area contributed by atoms with Gasteiger partial charge in [-0.3, -0.25) is 9.59 Å². The molecule has 1 aliphatic rings. The lowest BCUT2D eigenvalue weighted by molar-refractivity contribution is -0.895. The number of anilines is 1. The number of piperazine rings is 1. The number of quaternary nitrogens is 1. The van der Waals surface area contributed by atoms with Crippen molar-refractivity contribution in [2.75, 3.05) is 52.3 Å². The molecule has 0 saturated carbocycles. The van der Waals surface area contributed by atoms with Crippen LogP contribution >= 0.6 is 0 Å². The number of ether oxygens (including phenoxy) is 2. The van der Waals surface area contributed by atoms with E-state index >= 15 is 0 Å². The Balaban J connectivity index is 1.53. The van der Waals surface area contributed by atoms with E-state index in [1.807, 2.05) is 29.2 Å². The minimum Gasteiger partial charge on any atom is -0.493 e. The number of aryl methyl sites for hydroxylation is 1. The molecule has 7 heteroatoms. The summed E-state index contributed by atoms with van der Waals surface area (Å²) in [5.74, 6) is 1.11. The van der Waals surface area contributed by atoms with Crippen LogP contribution in [0.4, 0.5) is 5.69 Å². The van der Waals surface area contributed by atoms with Crippen LogP contribution in [0, 0.1) is 0 Å². The van der Waals surface area contributed by atoms with Gasteiger partial charge in [-0.25, -0.2) is 0 Å². The fraction of sp³-hybridized carbons (Fsp3) is 0.391. The Hall–Kier alpha value is -3.06. The molecule has 0 aromatic heterocycles. The number of carbonyl (C=O) groups excluding carboxylic acids is 2. The standard InChI is InChI=1S/C23H29N3O4/c1-4-17-7-5-6-8-19(17)24-22(27)16-25-11-13-26(14-12-25)23(28)18-9-10-20(29-2)21(15-18)30-3/h5-10,15H,4,11-14,16H2,1-3H3,(H,24,27)/p+1. The van der Waals surface area contributed by atoms with E-state index in [-0.39, 0.29) is 11.8 Å². The summed E-state index contributed by atoms with van der Waals surface area (Å²) in [5.41, 5.74) is 2.59. The summed E-state index contributed by atoms with van der Waals surface area (Å²) in [6.07, 6.45) is 0.875. The minimum absolute atomic E-state index is 0.00515. The highest BCUT2D eigenvalue weighted by atomic mass is 16.5. The maximum absolute atomic E-state index is 12.8. The van der Waals surface area contributed by atoms with Crippen molar-refractivity contribution in [1.82, 2.24) is 4.90 Å². The Morgan fingerprint density at radius 3 is 2.40 bits per heavy atom. The van der Waals surface area contributed by atoms with E-state index in [2.05, 4.69) is 12.2 Å². The van der Waals surface area contributed by atoms with Crippen LogP contribution in [-0.4, -0.2) is 63.7 Å². The van der Waals surface area contributed by atoms with E-state index in [9.17, 15) is 9.59 Å². The molecule has 1 saturated heterocycles. The monoisotopic (exact) mass is 412 g/mol. The molecule has 0 spiro atoms. The molecule has 1 aliphatic heterocycles. The van der Waals surface area contributed by atoms with Gasteiger partial charge in [0.2, 0.25) is 0 Å². The maximum atomic E-state index is 12.8. The second-order valence-corrected chi connectivity index (χ2v) is 7.35. The molecule has 0 radical (unpaired) electrons. The van der Waals surface area contributed by atoms with Crippen molar-refractivity contribution in [3.63, 3.8) is 0 Å². The molecule has 160 valence electrons. The van der Waals surface area contributed by atoms with Gasteiger partial charge in [0.05, 0.1) is 40.4 Å². The van der Waals surface area contributed by atoms with Gasteiger partial charge in [-0.15, -0.1) is 0 Å². The molecule has 3 rings (SSSR count). The third-order valence-electron chi connectivity index (χ3n) is 5.47. The van der Waals surface area contributed by atoms with Crippen molar-refractivity contribution in [3.05, 3.63) is 53.6 Å². The number of benzene rings is 2. The number of amides is 2. The second kappa shape index (κ2) is 10.1. The van der Waals surface area contributed by atoms with Crippen molar-refractivity contribution in [1.29, 1.82) is 0 Å². The fourth-order valence-corrected chi connectivity index (χ4v) is 3.73. The number of rotatable bonds is 7. The van der Waals surface area contributed by atoms with E-state index in [0.717, 1.165) is 30.8 Å². The zero-order chi connectivity index (χ0) is 21.5. The Labute approximate surface area is 177 Å². The Morgan fingerprint density at radius 1 is 1.03 bits per heavy atom. The molecule has 0 bridgehead atoms. The molecule has 1 heterocycles. The molecule has 0 unspecified atom stereocenters. The normalized spacial score (nSPS) is 14.3. The highest BCUT2D eigenvalue weighted by Crippen LogP contribution is 2.28. The molecule has 30 heavy (non-hydrogen) atoms. The Kier molecular flexibility index (Phi) is 7.30. The summed E-state index contributed by atoms with van der Waals surface area (Å²) in [4.78, 5) is 28.3. The SMILES string of the molecule is CCc1ccccc1NC(=O)C[NH+]1CCN(C(=O)c2ccc(OC)c(OC)c2)CC1. The summed E-state index contributed by atoms with van der Waals surface area (Å²) in [6, 6.07) is 13.1. The number of hydrogen-bond acceptors (Lipinski definition) is 4. The van der Waals surface area contributed by atoms with Crippen LogP contribution in [0.25, 0.3) is 0 Å². The molecule has 2 aromatic rings. The molecular weight excluding hydrogens is 382 g/mol. The van der Waals surface area contributed by atoms with E-state index < -0.39 is 0 Å². The first-order valence-corrected chi connectivity index (χ1v) is 10.3. The Morgan fingerprint density at radius 2 is 1.73 bits per heavy atom. The minimum atomic E-state index is -0.0312. The van der Waals surface area contributed by atoms with Gasteiger partial charge in [-0.1, -0.05) is 25.1 Å². The topological polar surface area (TPSA) is 72.3 Å². The average molecular weight is 413 g/mol. The van der Waals surface area contributed by atoms with Crippen LogP contribution in [0.1, 0.15) is 22.8 Å². The smallest absolute Gasteiger partial charge is 0.279 e. The van der Waals surface area contributed by atoms with E-state index in [4.69, 9.17) is 9.47 Å². The van der Waals surface area contributed by atoms with Gasteiger partial charge >= 0.3 is 0 Å². The van der Waals surface area contributed by atoms with E-state index in [0.29, 0.717) is 36.7 Å². The summed E-state index contributed by atoms with van der Waals surface area (Å²) in [6.45, 7) is 5.17. The summed E-state index contributed by atoms with van der Waals surface area (Å²) < 4.78 is 10.5. The molecule has 2 amide bonds. The van der Waals surface area contributed by atoms with Gasteiger partial charge in [0.1, 0.15) is 0 Å². The highest BCUT2D eigenvalue weighted by molar-refractivity contribution is 5.95. The van der Waals surface area contributed by atoms with Crippen LogP contribution < -0.4 is 19.7 Å². The van der Waals surface area contributed by atoms with Gasteiger partial charge in [0.15, 0.2) is 18.0 Å². The largest absolute Gasteiger partial charge is 0.493 e. The van der Waals surface area contributed by atoms with Crippen LogP contribution in [0.2, 0.25) is 0 Å². The number of nitrogens with one attached hydrogen (secondary N) is 2. The second-order valence-electron chi connectivity index (χ2n) is 7.35. The van der Waals surface area contributed by atoms with Gasteiger partial charge in [-0.05, 0) is 36.2 Å². The van der Waals surface area contributed by atoms with Crippen molar-refractivity contribution >= 4 is 17.5 Å². The van der Waals surface area contributed by atoms with Gasteiger partial charge in [-0.2, -0.15) is 0 Å². The molecule has 1 fully saturated rings. The summed E-state index contributed by atoms with van der Waals surface area (Å²) in [5, 5.41) is 3.03. The molecule has 7 nitrogen and oxygen atoms in total. The summed E-state index contributed by atoms with van der Waals surface area (Å²) in [7, 11) is 3.12. The molecule has 0 aliphatic carbocycles. The number of carbonyl (C=O) groups is 2. The van der Waals surface area contributed by atoms with Crippen LogP contribution in [0.5, 0.6) is 11.5 Å². The zero-order valence-corrected chi connectivity index (χ0v) is 17.9. The first-order valence-electron chi connectivity index (χ1n) is 10.3. The number of nitrogens with zero attached hydrogens (tertiary/aromatic N) is 1. The Bertz CT molecular complexity index is 892. The quantitative estimate of drug-likeness (QED) is 0.718. The predicted octanol–water partition coefficient (Wildman–Crippen LogP) is 1.25. The number of hydrogen-bond donors (Lipinski definition) is 2. The van der Waals surface area contributed by atoms with Crippen LogP contribution in [0.3, 0.4) is 0 Å². The maximum Gasteiger partial charge on any atom is 0.279 e. The summed E-state index contributed by atoms with van der Waals surface area (Å²) >= 11 is 0. The van der Waals surface area contributed by atoms with Crippen LogP contribution in [-0.2, 0) is 11.2 Å². The third kappa shape index (κ3) is 5.10. The van der Waals surface area contributed by atoms with Crippen molar-refractivity contribution < 1.29 is 24.0 Å². The average Bonchev–Trinajstić information content (AvgIpc) is 2.79. The lowest BCUT2D eigenvalue weighted by Crippen LogP contribution is -3.15. The molecule has 2 N–H and O–H groups in total. The lowest BCUT2D eigenvalue weighted by Gasteiger charge is -2.32. The van der Waals surface area contributed by atoms with Crippen molar-refractivity contribution in [2.24, 2.45) is 0 Å². The lowest BCUT2D eigenvalue weighted by atomic mass is 10.1. The fourth-order valence-electron chi connectivity index (χ4n) is 3.73. The molecular formula is C23H30N3O4+. The van der Waals surface area contributed by atoms with E-state index in [1.165, 1.54) is 4.90 Å². The van der Waals surface area contributed by atoms with Gasteiger partial charge < -0.3 is 24.6 Å². The van der Waals surface area contributed by atoms with Gasteiger partial charge in [0, 0.05) is 11.3 Å². The highest BCUT2D eigenvalue weighted by Gasteiger charge is 2.26. The van der Waals surface area contributed by atoms with E-state index in [1.54, 1.807) is 32.4 Å². The first kappa shape index (κ1) is 21.6. The van der Waals surface area contributed by atoms with Gasteiger partial charge in [0.25, 0.3) is 11.8 Å². The number of para-hydroxylation sites is 1. The first-order chi connectivity index (χ1) is 14.5. The molecule has 0 atom stereocenters. The van der Waals surface area contributed by atoms with Crippen molar-refractivity contribution in [3.8, 4) is 11.5 Å². The zero-order valence-electron chi connectivity index (χ0n) is 17.9. The molecule has 2 aromatic carbocycles. The van der Waals surface area contributed by atoms with Crippen LogP contribution in [0.15, 0.2) is 42.5 Å². The number of methoxy groups -OCH3 is 2. The predicted molar refractivity (Wildman–Crippen MR) is 115 cm³/mol. The third-order valence-corrected chi connectivity index (χ3v) is 5.47. The van der Waals surface area contributed by atoms with Crippen molar-refractivity contribution in [2.45, 2.75) is 13.3 Å².